The number of rotatable bonds is 3. The van der Waals surface area contributed by atoms with Gasteiger partial charge >= 0.3 is 0 Å². The Labute approximate surface area is 148 Å². The molecule has 3 heterocycles. The Morgan fingerprint density at radius 1 is 1.08 bits per heavy atom. The molecule has 0 N–H and O–H groups in total. The minimum atomic E-state index is 0.0262. The number of ether oxygens (including phenoxy) is 1. The van der Waals surface area contributed by atoms with Crippen LogP contribution in [0.2, 0.25) is 0 Å². The fourth-order valence-electron chi connectivity index (χ4n) is 5.02. The predicted octanol–water partition coefficient (Wildman–Crippen LogP) is 4.08. The fraction of sp³-hybridized carbons (Fsp3) is 0.524. The Hall–Kier alpha value is -1.94. The topological polar surface area (TPSA) is 42.4 Å². The molecule has 4 nitrogen and oxygen atoms in total. The maximum atomic E-state index is 13.6. The minimum Gasteiger partial charge on any atom is -0.374 e. The van der Waals surface area contributed by atoms with Crippen LogP contribution in [0.5, 0.6) is 0 Å². The summed E-state index contributed by atoms with van der Waals surface area (Å²) in [7, 11) is 0. The van der Waals surface area contributed by atoms with Crippen LogP contribution < -0.4 is 4.90 Å². The van der Waals surface area contributed by atoms with E-state index in [4.69, 9.17) is 4.74 Å². The fourth-order valence-corrected chi connectivity index (χ4v) is 5.02. The molecule has 1 amide bonds. The molecule has 4 heteroatoms. The zero-order valence-electron chi connectivity index (χ0n) is 14.4. The number of pyridine rings is 1. The van der Waals surface area contributed by atoms with Crippen molar-refractivity contribution in [3.63, 3.8) is 0 Å². The van der Waals surface area contributed by atoms with Crippen molar-refractivity contribution in [1.29, 1.82) is 0 Å². The molecule has 3 aliphatic rings. The van der Waals surface area contributed by atoms with E-state index in [1.165, 1.54) is 12.8 Å². The molecule has 1 aliphatic carbocycles. The van der Waals surface area contributed by atoms with Gasteiger partial charge in [0, 0.05) is 17.6 Å². The Bertz CT molecular complexity index is 794. The number of hydrogen-bond donors (Lipinski definition) is 0. The van der Waals surface area contributed by atoms with E-state index in [0.29, 0.717) is 12.1 Å². The SMILES string of the molecule is O=C([C@@H]1C[C@H]2CC[C@H]1O2)N(c1cccc2cccnc12)C1CCCC1. The number of hydrogen-bond acceptors (Lipinski definition) is 3. The second-order valence-corrected chi connectivity index (χ2v) is 7.71. The van der Waals surface area contributed by atoms with Crippen molar-refractivity contribution >= 4 is 22.5 Å². The highest BCUT2D eigenvalue weighted by Crippen LogP contribution is 2.42. The van der Waals surface area contributed by atoms with Gasteiger partial charge in [-0.25, -0.2) is 0 Å². The summed E-state index contributed by atoms with van der Waals surface area (Å²) in [5.41, 5.74) is 1.92. The van der Waals surface area contributed by atoms with Gasteiger partial charge < -0.3 is 9.64 Å². The van der Waals surface area contributed by atoms with Crippen LogP contribution in [0.4, 0.5) is 5.69 Å². The number of amides is 1. The van der Waals surface area contributed by atoms with E-state index >= 15 is 0 Å². The molecular weight excluding hydrogens is 312 g/mol. The summed E-state index contributed by atoms with van der Waals surface area (Å²) < 4.78 is 5.98. The molecule has 3 atom stereocenters. The quantitative estimate of drug-likeness (QED) is 0.848. The number of nitrogens with zero attached hydrogens (tertiary/aromatic N) is 2. The van der Waals surface area contributed by atoms with E-state index in [0.717, 1.165) is 48.7 Å². The van der Waals surface area contributed by atoms with Gasteiger partial charge in [0.25, 0.3) is 0 Å². The molecule has 2 saturated heterocycles. The van der Waals surface area contributed by atoms with Crippen molar-refractivity contribution in [2.24, 2.45) is 5.92 Å². The molecule has 130 valence electrons. The summed E-state index contributed by atoms with van der Waals surface area (Å²) >= 11 is 0. The van der Waals surface area contributed by atoms with Gasteiger partial charge in [-0.3, -0.25) is 9.78 Å². The Kier molecular flexibility index (Phi) is 3.74. The third-order valence-electron chi connectivity index (χ3n) is 6.22. The maximum Gasteiger partial charge on any atom is 0.233 e. The third-order valence-corrected chi connectivity index (χ3v) is 6.22. The van der Waals surface area contributed by atoms with Crippen LogP contribution in [-0.2, 0) is 9.53 Å². The van der Waals surface area contributed by atoms with Crippen LogP contribution in [-0.4, -0.2) is 29.1 Å². The summed E-state index contributed by atoms with van der Waals surface area (Å²) in [5.74, 6) is 0.288. The molecule has 1 saturated carbocycles. The molecule has 3 fully saturated rings. The molecule has 1 aromatic carbocycles. The van der Waals surface area contributed by atoms with Gasteiger partial charge in [0.15, 0.2) is 0 Å². The number of para-hydroxylation sites is 1. The normalized spacial score (nSPS) is 28.7. The predicted molar refractivity (Wildman–Crippen MR) is 97.5 cm³/mol. The number of aromatic nitrogens is 1. The molecule has 5 rings (SSSR count). The lowest BCUT2D eigenvalue weighted by Crippen LogP contribution is -2.45. The number of fused-ring (bicyclic) bond motifs is 3. The highest BCUT2D eigenvalue weighted by Gasteiger charge is 2.47. The second kappa shape index (κ2) is 6.10. The van der Waals surface area contributed by atoms with Crippen LogP contribution in [0.3, 0.4) is 0 Å². The van der Waals surface area contributed by atoms with Crippen molar-refractivity contribution < 1.29 is 9.53 Å². The number of carbonyl (C=O) groups excluding carboxylic acids is 1. The van der Waals surface area contributed by atoms with E-state index < -0.39 is 0 Å². The smallest absolute Gasteiger partial charge is 0.233 e. The van der Waals surface area contributed by atoms with Gasteiger partial charge in [-0.15, -0.1) is 0 Å². The zero-order chi connectivity index (χ0) is 16.8. The Morgan fingerprint density at radius 2 is 1.92 bits per heavy atom. The largest absolute Gasteiger partial charge is 0.374 e. The van der Waals surface area contributed by atoms with Gasteiger partial charge in [-0.1, -0.05) is 31.0 Å². The van der Waals surface area contributed by atoms with Crippen molar-refractivity contribution in [2.45, 2.75) is 63.2 Å². The summed E-state index contributed by atoms with van der Waals surface area (Å²) in [5, 5.41) is 1.10. The number of carbonyl (C=O) groups is 1. The standard InChI is InChI=1S/C21H24N2O2/c24-21(17-13-16-10-11-19(17)25-16)23(15-7-1-2-8-15)18-9-3-5-14-6-4-12-22-20(14)18/h3-6,9,12,15-17,19H,1-2,7-8,10-11,13H2/t16-,17-,19-/m1/s1. The summed E-state index contributed by atoms with van der Waals surface area (Å²) in [6.45, 7) is 0. The molecule has 2 aromatic rings. The molecule has 0 radical (unpaired) electrons. The maximum absolute atomic E-state index is 13.6. The molecule has 1 aromatic heterocycles. The van der Waals surface area contributed by atoms with E-state index in [2.05, 4.69) is 28.1 Å². The lowest BCUT2D eigenvalue weighted by Gasteiger charge is -2.33. The van der Waals surface area contributed by atoms with Crippen molar-refractivity contribution in [1.82, 2.24) is 4.98 Å². The summed E-state index contributed by atoms with van der Waals surface area (Å²) in [6, 6.07) is 10.5. The highest BCUT2D eigenvalue weighted by atomic mass is 16.5. The first-order valence-electron chi connectivity index (χ1n) is 9.63. The summed E-state index contributed by atoms with van der Waals surface area (Å²) in [4.78, 5) is 20.3. The molecule has 2 aliphatic heterocycles. The van der Waals surface area contributed by atoms with Gasteiger partial charge in [0.05, 0.1) is 29.3 Å². The van der Waals surface area contributed by atoms with Crippen LogP contribution in [0.1, 0.15) is 44.9 Å². The molecule has 2 bridgehead atoms. The molecular formula is C21H24N2O2. The van der Waals surface area contributed by atoms with E-state index in [1.54, 1.807) is 0 Å². The van der Waals surface area contributed by atoms with Gasteiger partial charge in [0.1, 0.15) is 0 Å². The van der Waals surface area contributed by atoms with E-state index in [1.807, 2.05) is 18.3 Å². The third kappa shape index (κ3) is 2.54. The molecule has 0 spiro atoms. The molecule has 0 unspecified atom stereocenters. The molecule has 25 heavy (non-hydrogen) atoms. The van der Waals surface area contributed by atoms with E-state index in [-0.39, 0.29) is 17.9 Å². The van der Waals surface area contributed by atoms with Gasteiger partial charge in [-0.2, -0.15) is 0 Å². The zero-order valence-corrected chi connectivity index (χ0v) is 14.4. The monoisotopic (exact) mass is 336 g/mol. The number of anilines is 1. The highest BCUT2D eigenvalue weighted by molar-refractivity contribution is 6.03. The number of benzene rings is 1. The summed E-state index contributed by atoms with van der Waals surface area (Å²) in [6.07, 6.45) is 9.90. The lowest BCUT2D eigenvalue weighted by atomic mass is 9.87. The average molecular weight is 336 g/mol. The van der Waals surface area contributed by atoms with Crippen molar-refractivity contribution in [3.05, 3.63) is 36.5 Å². The van der Waals surface area contributed by atoms with Crippen LogP contribution in [0.15, 0.2) is 36.5 Å². The second-order valence-electron chi connectivity index (χ2n) is 7.71. The Morgan fingerprint density at radius 3 is 2.68 bits per heavy atom. The van der Waals surface area contributed by atoms with E-state index in [9.17, 15) is 4.79 Å². The van der Waals surface area contributed by atoms with Gasteiger partial charge in [0.2, 0.25) is 5.91 Å². The average Bonchev–Trinajstić information content (AvgIpc) is 3.40. The minimum absolute atomic E-state index is 0.0262. The van der Waals surface area contributed by atoms with Crippen LogP contribution in [0.25, 0.3) is 10.9 Å². The first-order chi connectivity index (χ1) is 12.3. The van der Waals surface area contributed by atoms with Crippen molar-refractivity contribution in [2.75, 3.05) is 4.90 Å². The first kappa shape index (κ1) is 15.3. The lowest BCUT2D eigenvalue weighted by molar-refractivity contribution is -0.124. The first-order valence-corrected chi connectivity index (χ1v) is 9.63. The van der Waals surface area contributed by atoms with Crippen molar-refractivity contribution in [3.8, 4) is 0 Å². The Balaban J connectivity index is 1.57. The van der Waals surface area contributed by atoms with Crippen LogP contribution >= 0.6 is 0 Å². The van der Waals surface area contributed by atoms with Crippen LogP contribution in [0, 0.1) is 5.92 Å². The van der Waals surface area contributed by atoms with Gasteiger partial charge in [-0.05, 0) is 44.2 Å².